The molecule has 0 fully saturated rings. The first-order chi connectivity index (χ1) is 11.0. The maximum Gasteiger partial charge on any atom is 0.238 e. The Kier molecular flexibility index (Phi) is 8.58. The molecule has 0 saturated heterocycles. The second kappa shape index (κ2) is 10.2. The Morgan fingerprint density at radius 3 is 2.52 bits per heavy atom. The molecule has 0 aliphatic heterocycles. The summed E-state index contributed by atoms with van der Waals surface area (Å²) in [5.74, 6) is -1.06. The molecule has 1 aromatic carbocycles. The fourth-order valence-corrected chi connectivity index (χ4v) is 2.21. The van der Waals surface area contributed by atoms with Crippen LogP contribution in [0.4, 0.5) is 10.1 Å². The average molecular weight is 344 g/mol. The number of anilines is 1. The number of nitrogens with one attached hydrogen (secondary N) is 2. The smallest absolute Gasteiger partial charge is 0.238 e. The molecule has 0 aliphatic carbocycles. The van der Waals surface area contributed by atoms with Crippen molar-refractivity contribution in [3.63, 3.8) is 0 Å². The number of rotatable bonds is 9. The van der Waals surface area contributed by atoms with Gasteiger partial charge in [-0.1, -0.05) is 25.4 Å². The summed E-state index contributed by atoms with van der Waals surface area (Å²) in [5, 5.41) is 5.59. The minimum absolute atomic E-state index is 0.0132. The van der Waals surface area contributed by atoms with Gasteiger partial charge >= 0.3 is 0 Å². The summed E-state index contributed by atoms with van der Waals surface area (Å²) in [4.78, 5) is 25.6. The van der Waals surface area contributed by atoms with E-state index in [0.29, 0.717) is 18.1 Å². The van der Waals surface area contributed by atoms with Crippen molar-refractivity contribution in [1.29, 1.82) is 0 Å². The molecule has 0 radical (unpaired) electrons. The molecule has 1 rings (SSSR count). The van der Waals surface area contributed by atoms with Crippen LogP contribution in [-0.4, -0.2) is 42.9 Å². The maximum atomic E-state index is 13.6. The summed E-state index contributed by atoms with van der Waals surface area (Å²) >= 11 is 5.79. The predicted molar refractivity (Wildman–Crippen MR) is 90.1 cm³/mol. The van der Waals surface area contributed by atoms with Crippen LogP contribution in [0.25, 0.3) is 0 Å². The van der Waals surface area contributed by atoms with Crippen LogP contribution in [0.1, 0.15) is 26.7 Å². The second-order valence-electron chi connectivity index (χ2n) is 5.23. The molecule has 7 heteroatoms. The normalized spacial score (nSPS) is 10.7. The molecule has 0 saturated carbocycles. The highest BCUT2D eigenvalue weighted by molar-refractivity contribution is 6.30. The number of nitrogens with zero attached hydrogens (tertiary/aromatic N) is 1. The van der Waals surface area contributed by atoms with Crippen molar-refractivity contribution in [2.24, 2.45) is 0 Å². The van der Waals surface area contributed by atoms with Gasteiger partial charge < -0.3 is 10.6 Å². The molecule has 23 heavy (non-hydrogen) atoms. The molecule has 5 nitrogen and oxygen atoms in total. The van der Waals surface area contributed by atoms with Crippen LogP contribution in [0, 0.1) is 5.82 Å². The van der Waals surface area contributed by atoms with Gasteiger partial charge in [-0.3, -0.25) is 14.5 Å². The second-order valence-corrected chi connectivity index (χ2v) is 5.67. The molecular weight excluding hydrogens is 321 g/mol. The summed E-state index contributed by atoms with van der Waals surface area (Å²) in [6.07, 6.45) is 1.66. The third-order valence-corrected chi connectivity index (χ3v) is 3.28. The number of halogens is 2. The van der Waals surface area contributed by atoms with E-state index in [1.54, 1.807) is 4.90 Å². The van der Waals surface area contributed by atoms with Crippen molar-refractivity contribution < 1.29 is 14.0 Å². The molecule has 0 bridgehead atoms. The van der Waals surface area contributed by atoms with Gasteiger partial charge in [-0.2, -0.15) is 0 Å². The number of hydrogen-bond donors (Lipinski definition) is 2. The Morgan fingerprint density at radius 2 is 1.87 bits per heavy atom. The van der Waals surface area contributed by atoms with Gasteiger partial charge in [0.1, 0.15) is 5.82 Å². The van der Waals surface area contributed by atoms with Crippen molar-refractivity contribution >= 4 is 29.1 Å². The van der Waals surface area contributed by atoms with E-state index in [2.05, 4.69) is 10.6 Å². The lowest BCUT2D eigenvalue weighted by atomic mass is 10.3. The summed E-state index contributed by atoms with van der Waals surface area (Å²) in [7, 11) is 0. The third-order valence-electron chi connectivity index (χ3n) is 3.05. The topological polar surface area (TPSA) is 61.4 Å². The summed E-state index contributed by atoms with van der Waals surface area (Å²) in [5.41, 5.74) is 0.0365. The first-order valence-electron chi connectivity index (χ1n) is 7.70. The summed E-state index contributed by atoms with van der Waals surface area (Å²) in [6, 6.07) is 3.96. The van der Waals surface area contributed by atoms with Crippen molar-refractivity contribution in [1.82, 2.24) is 10.2 Å². The largest absolute Gasteiger partial charge is 0.355 e. The van der Waals surface area contributed by atoms with Crippen LogP contribution in [-0.2, 0) is 9.59 Å². The third kappa shape index (κ3) is 7.43. The Labute approximate surface area is 141 Å². The zero-order chi connectivity index (χ0) is 17.2. The minimum Gasteiger partial charge on any atom is -0.355 e. The highest BCUT2D eigenvalue weighted by Crippen LogP contribution is 2.19. The zero-order valence-electron chi connectivity index (χ0n) is 13.5. The molecule has 1 aromatic rings. The molecule has 0 atom stereocenters. The molecular formula is C16H23ClFN3O2. The molecule has 0 unspecified atom stereocenters. The van der Waals surface area contributed by atoms with Crippen molar-refractivity contribution in [3.05, 3.63) is 29.0 Å². The van der Waals surface area contributed by atoms with E-state index < -0.39 is 5.82 Å². The molecule has 2 N–H and O–H groups in total. The van der Waals surface area contributed by atoms with E-state index in [0.717, 1.165) is 12.8 Å². The van der Waals surface area contributed by atoms with Crippen LogP contribution in [0.5, 0.6) is 0 Å². The first kappa shape index (κ1) is 19.4. The van der Waals surface area contributed by atoms with Crippen molar-refractivity contribution in [3.8, 4) is 0 Å². The van der Waals surface area contributed by atoms with Crippen LogP contribution in [0.15, 0.2) is 18.2 Å². The van der Waals surface area contributed by atoms with Gasteiger partial charge in [0.15, 0.2) is 0 Å². The minimum atomic E-state index is -0.550. The lowest BCUT2D eigenvalue weighted by molar-refractivity contribution is -0.123. The van der Waals surface area contributed by atoms with Gasteiger partial charge in [0.2, 0.25) is 11.8 Å². The van der Waals surface area contributed by atoms with Gasteiger partial charge in [-0.05, 0) is 37.6 Å². The summed E-state index contributed by atoms with van der Waals surface area (Å²) < 4.78 is 13.6. The van der Waals surface area contributed by atoms with Gasteiger partial charge in [-0.15, -0.1) is 0 Å². The molecule has 128 valence electrons. The Balaban J connectivity index is 2.59. The number of carbonyl (C=O) groups excluding carboxylic acids is 2. The van der Waals surface area contributed by atoms with Crippen LogP contribution in [0.3, 0.4) is 0 Å². The van der Waals surface area contributed by atoms with E-state index in [4.69, 9.17) is 11.6 Å². The number of carbonyl (C=O) groups is 2. The molecule has 2 amide bonds. The molecule has 0 heterocycles. The lowest BCUT2D eigenvalue weighted by Crippen LogP contribution is -2.41. The van der Waals surface area contributed by atoms with E-state index in [1.807, 2.05) is 13.8 Å². The van der Waals surface area contributed by atoms with Crippen molar-refractivity contribution in [2.75, 3.05) is 31.5 Å². The maximum absolute atomic E-state index is 13.6. The van der Waals surface area contributed by atoms with Gasteiger partial charge in [0.25, 0.3) is 0 Å². The number of amides is 2. The average Bonchev–Trinajstić information content (AvgIpc) is 2.49. The quantitative estimate of drug-likeness (QED) is 0.724. The van der Waals surface area contributed by atoms with Crippen LogP contribution >= 0.6 is 11.6 Å². The summed E-state index contributed by atoms with van der Waals surface area (Å²) in [6.45, 7) is 5.30. The Hall–Kier alpha value is -1.66. The van der Waals surface area contributed by atoms with Gasteiger partial charge in [0, 0.05) is 11.6 Å². The van der Waals surface area contributed by atoms with E-state index in [-0.39, 0.29) is 30.6 Å². The van der Waals surface area contributed by atoms with E-state index in [1.165, 1.54) is 18.2 Å². The molecule has 0 spiro atoms. The number of benzene rings is 1. The van der Waals surface area contributed by atoms with Crippen LogP contribution in [0.2, 0.25) is 5.02 Å². The fraction of sp³-hybridized carbons (Fsp3) is 0.500. The highest BCUT2D eigenvalue weighted by Gasteiger charge is 2.15. The first-order valence-corrected chi connectivity index (χ1v) is 8.08. The zero-order valence-corrected chi connectivity index (χ0v) is 14.3. The number of hydrogen-bond acceptors (Lipinski definition) is 3. The lowest BCUT2D eigenvalue weighted by Gasteiger charge is -2.20. The van der Waals surface area contributed by atoms with Gasteiger partial charge in [-0.25, -0.2) is 4.39 Å². The van der Waals surface area contributed by atoms with Crippen LogP contribution < -0.4 is 10.6 Å². The van der Waals surface area contributed by atoms with Crippen molar-refractivity contribution in [2.45, 2.75) is 26.7 Å². The standard InChI is InChI=1S/C16H23ClFN3O2/c1-3-7-19-15(22)10-21(8-4-2)11-16(23)20-14-9-12(17)5-6-13(14)18/h5-6,9H,3-4,7-8,10-11H2,1-2H3,(H,19,22)(H,20,23). The molecule has 0 aromatic heterocycles. The van der Waals surface area contributed by atoms with E-state index in [9.17, 15) is 14.0 Å². The monoisotopic (exact) mass is 343 g/mol. The molecule has 0 aliphatic rings. The predicted octanol–water partition coefficient (Wildman–Crippen LogP) is 2.66. The fourth-order valence-electron chi connectivity index (χ4n) is 2.04. The SMILES string of the molecule is CCCNC(=O)CN(CCC)CC(=O)Nc1cc(Cl)ccc1F. The Bertz CT molecular complexity index is 540. The van der Waals surface area contributed by atoms with Gasteiger partial charge in [0.05, 0.1) is 18.8 Å². The highest BCUT2D eigenvalue weighted by atomic mass is 35.5. The Morgan fingerprint density at radius 1 is 1.17 bits per heavy atom. The van der Waals surface area contributed by atoms with E-state index >= 15 is 0 Å².